The molecular weight excluding hydrogens is 342 g/mol. The second kappa shape index (κ2) is 8.55. The number of rotatable bonds is 6. The second-order valence-electron chi connectivity index (χ2n) is 7.28. The number of alkyl carbamates (subject to hydrolysis) is 1. The first-order valence-electron chi connectivity index (χ1n) is 8.05. The summed E-state index contributed by atoms with van der Waals surface area (Å²) in [6.45, 7) is 8.00. The van der Waals surface area contributed by atoms with E-state index in [1.54, 1.807) is 34.6 Å². The lowest BCUT2D eigenvalue weighted by Crippen LogP contribution is -2.38. The van der Waals surface area contributed by atoms with Gasteiger partial charge in [0, 0.05) is 6.42 Å². The van der Waals surface area contributed by atoms with Crippen molar-refractivity contribution in [3.05, 3.63) is 24.3 Å². The number of carbonyl (C=O) groups excluding carboxylic acids is 3. The Morgan fingerprint density at radius 1 is 1.00 bits per heavy atom. The summed E-state index contributed by atoms with van der Waals surface area (Å²) >= 11 is 0. The van der Waals surface area contributed by atoms with Crippen LogP contribution in [0, 0.1) is 0 Å². The highest BCUT2D eigenvalue weighted by molar-refractivity contribution is 5.85. The van der Waals surface area contributed by atoms with Crippen LogP contribution >= 0.6 is 0 Å². The highest BCUT2D eigenvalue weighted by atomic mass is 16.7. The Bertz CT molecular complexity index is 644. The number of benzene rings is 1. The molecule has 0 fully saturated rings. The summed E-state index contributed by atoms with van der Waals surface area (Å²) < 4.78 is 15.1. The number of nitrogens with one attached hydrogen (secondary N) is 1. The minimum absolute atomic E-state index is 0.0362. The fourth-order valence-electron chi connectivity index (χ4n) is 1.92. The summed E-state index contributed by atoms with van der Waals surface area (Å²) in [6.07, 6.45) is -1.79. The largest absolute Gasteiger partial charge is 0.514 e. The number of amides is 1. The van der Waals surface area contributed by atoms with Gasteiger partial charge in [-0.05, 0) is 58.9 Å². The van der Waals surface area contributed by atoms with Crippen LogP contribution in [-0.2, 0) is 14.3 Å². The molecule has 0 radical (unpaired) electrons. The van der Waals surface area contributed by atoms with Crippen molar-refractivity contribution >= 4 is 18.0 Å². The molecule has 0 saturated carbocycles. The molecule has 1 aromatic carbocycles. The summed E-state index contributed by atoms with van der Waals surface area (Å²) in [6, 6.07) is 5.53. The van der Waals surface area contributed by atoms with Crippen molar-refractivity contribution in [1.82, 2.24) is 5.32 Å². The maximum Gasteiger partial charge on any atom is 0.514 e. The average Bonchev–Trinajstić information content (AvgIpc) is 2.44. The molecule has 0 aliphatic carbocycles. The van der Waals surface area contributed by atoms with Gasteiger partial charge in [-0.25, -0.2) is 9.59 Å². The van der Waals surface area contributed by atoms with E-state index in [1.807, 2.05) is 0 Å². The quantitative estimate of drug-likeness (QED) is 0.587. The highest BCUT2D eigenvalue weighted by Gasteiger charge is 2.28. The number of phenols is 1. The van der Waals surface area contributed by atoms with Crippen LogP contribution in [0.15, 0.2) is 24.3 Å². The van der Waals surface area contributed by atoms with Gasteiger partial charge in [-0.3, -0.25) is 4.79 Å². The van der Waals surface area contributed by atoms with Crippen LogP contribution in [0.25, 0.3) is 0 Å². The monoisotopic (exact) mass is 367 g/mol. The van der Waals surface area contributed by atoms with Gasteiger partial charge in [0.25, 0.3) is 0 Å². The van der Waals surface area contributed by atoms with Crippen molar-refractivity contribution in [2.45, 2.75) is 52.2 Å². The van der Waals surface area contributed by atoms with E-state index in [-0.39, 0.29) is 30.2 Å². The molecule has 0 bridgehead atoms. The predicted octanol–water partition coefficient (Wildman–Crippen LogP) is 3.17. The van der Waals surface area contributed by atoms with Crippen LogP contribution < -0.4 is 10.1 Å². The van der Waals surface area contributed by atoms with Gasteiger partial charge in [0.1, 0.15) is 22.7 Å². The SMILES string of the molecule is CC(C)(C)OC(=O)NCC(=O)CC(C)(C)OC(=O)Oc1ccc(O)cc1. The van der Waals surface area contributed by atoms with E-state index in [0.717, 1.165) is 0 Å². The van der Waals surface area contributed by atoms with E-state index in [0.29, 0.717) is 0 Å². The number of phenolic OH excluding ortho intramolecular Hbond substituents is 1. The van der Waals surface area contributed by atoms with Crippen molar-refractivity contribution < 1.29 is 33.7 Å². The molecule has 8 heteroatoms. The van der Waals surface area contributed by atoms with Gasteiger partial charge in [0.05, 0.1) is 6.54 Å². The number of ketones is 1. The first kappa shape index (κ1) is 21.3. The van der Waals surface area contributed by atoms with Crippen molar-refractivity contribution in [3.8, 4) is 11.5 Å². The molecule has 8 nitrogen and oxygen atoms in total. The number of hydrogen-bond acceptors (Lipinski definition) is 7. The molecule has 26 heavy (non-hydrogen) atoms. The fraction of sp³-hybridized carbons (Fsp3) is 0.500. The molecule has 0 spiro atoms. The third kappa shape index (κ3) is 8.91. The molecule has 0 aliphatic heterocycles. The topological polar surface area (TPSA) is 111 Å². The Labute approximate surface area is 152 Å². The molecular formula is C18H25NO7. The molecule has 2 N–H and O–H groups in total. The van der Waals surface area contributed by atoms with Crippen molar-refractivity contribution in [1.29, 1.82) is 0 Å². The Balaban J connectivity index is 2.44. The zero-order valence-corrected chi connectivity index (χ0v) is 15.6. The maximum atomic E-state index is 12.0. The molecule has 1 amide bonds. The molecule has 0 atom stereocenters. The van der Waals surface area contributed by atoms with Gasteiger partial charge in [0.15, 0.2) is 5.78 Å². The van der Waals surface area contributed by atoms with E-state index >= 15 is 0 Å². The van der Waals surface area contributed by atoms with Crippen molar-refractivity contribution in [3.63, 3.8) is 0 Å². The lowest BCUT2D eigenvalue weighted by atomic mass is 10.0. The second-order valence-corrected chi connectivity index (χ2v) is 7.28. The Morgan fingerprint density at radius 3 is 2.12 bits per heavy atom. The van der Waals surface area contributed by atoms with Crippen LogP contribution in [0.4, 0.5) is 9.59 Å². The van der Waals surface area contributed by atoms with Gasteiger partial charge >= 0.3 is 12.2 Å². The lowest BCUT2D eigenvalue weighted by molar-refractivity contribution is -0.122. The van der Waals surface area contributed by atoms with Crippen LogP contribution in [-0.4, -0.2) is 40.9 Å². The maximum absolute atomic E-state index is 12.0. The van der Waals surface area contributed by atoms with Gasteiger partial charge < -0.3 is 24.6 Å². The van der Waals surface area contributed by atoms with E-state index < -0.39 is 23.5 Å². The first-order valence-corrected chi connectivity index (χ1v) is 8.05. The Morgan fingerprint density at radius 2 is 1.58 bits per heavy atom. The third-order valence-electron chi connectivity index (χ3n) is 2.85. The molecule has 0 aromatic heterocycles. The smallest absolute Gasteiger partial charge is 0.508 e. The molecule has 0 aliphatic rings. The summed E-state index contributed by atoms with van der Waals surface area (Å²) in [5.41, 5.74) is -1.78. The first-order chi connectivity index (χ1) is 11.9. The highest BCUT2D eigenvalue weighted by Crippen LogP contribution is 2.20. The molecule has 1 rings (SSSR count). The van der Waals surface area contributed by atoms with Gasteiger partial charge in [0.2, 0.25) is 0 Å². The van der Waals surface area contributed by atoms with Crippen molar-refractivity contribution in [2.24, 2.45) is 0 Å². The zero-order chi connectivity index (χ0) is 20.0. The van der Waals surface area contributed by atoms with Gasteiger partial charge in [-0.1, -0.05) is 0 Å². The Kier molecular flexibility index (Phi) is 7.00. The number of carbonyl (C=O) groups is 3. The predicted molar refractivity (Wildman–Crippen MR) is 93.2 cm³/mol. The average molecular weight is 367 g/mol. The number of hydrogen-bond donors (Lipinski definition) is 2. The fourth-order valence-corrected chi connectivity index (χ4v) is 1.92. The molecule has 0 unspecified atom stereocenters. The van der Waals surface area contributed by atoms with Crippen LogP contribution in [0.5, 0.6) is 11.5 Å². The van der Waals surface area contributed by atoms with E-state index in [9.17, 15) is 19.5 Å². The van der Waals surface area contributed by atoms with Crippen LogP contribution in [0.3, 0.4) is 0 Å². The zero-order valence-electron chi connectivity index (χ0n) is 15.6. The summed E-state index contributed by atoms with van der Waals surface area (Å²) in [5, 5.41) is 11.5. The lowest BCUT2D eigenvalue weighted by Gasteiger charge is -2.24. The van der Waals surface area contributed by atoms with Crippen LogP contribution in [0.1, 0.15) is 41.0 Å². The normalized spacial score (nSPS) is 11.4. The summed E-state index contributed by atoms with van der Waals surface area (Å²) in [5.74, 6) is -0.103. The molecule has 0 saturated heterocycles. The number of Topliss-reactive ketones (excluding diaryl/α,β-unsaturated/α-hetero) is 1. The summed E-state index contributed by atoms with van der Waals surface area (Å²) in [7, 11) is 0. The number of ether oxygens (including phenoxy) is 3. The van der Waals surface area contributed by atoms with E-state index in [4.69, 9.17) is 14.2 Å². The van der Waals surface area contributed by atoms with E-state index in [2.05, 4.69) is 5.32 Å². The van der Waals surface area contributed by atoms with E-state index in [1.165, 1.54) is 24.3 Å². The van der Waals surface area contributed by atoms with Crippen LogP contribution in [0.2, 0.25) is 0 Å². The van der Waals surface area contributed by atoms with Gasteiger partial charge in [-0.15, -0.1) is 0 Å². The Hall–Kier alpha value is -2.77. The minimum atomic E-state index is -1.12. The standard InChI is InChI=1S/C18H25NO7/c1-17(2,3)25-15(22)19-11-13(21)10-18(4,5)26-16(23)24-14-8-6-12(20)7-9-14/h6-9,20H,10-11H2,1-5H3,(H,19,22). The summed E-state index contributed by atoms with van der Waals surface area (Å²) in [4.78, 5) is 35.3. The molecule has 1 aromatic rings. The van der Waals surface area contributed by atoms with Gasteiger partial charge in [-0.2, -0.15) is 0 Å². The third-order valence-corrected chi connectivity index (χ3v) is 2.85. The van der Waals surface area contributed by atoms with Crippen molar-refractivity contribution in [2.75, 3.05) is 6.54 Å². The minimum Gasteiger partial charge on any atom is -0.508 e. The molecule has 144 valence electrons. The molecule has 0 heterocycles. The number of aromatic hydroxyl groups is 1.